The summed E-state index contributed by atoms with van der Waals surface area (Å²) in [6.45, 7) is 0. The van der Waals surface area contributed by atoms with E-state index in [9.17, 15) is 0 Å². The third kappa shape index (κ3) is 3.79. The first kappa shape index (κ1) is 15.3. The number of phenolic OH excluding ortho intramolecular Hbond substituents is 1. The first-order valence-electron chi connectivity index (χ1n) is 7.22. The van der Waals surface area contributed by atoms with Crippen molar-refractivity contribution in [2.24, 2.45) is 0 Å². The number of para-hydroxylation sites is 2. The standard InChI is InChI=1S/C12H9NS.C7H8O2/c1-3-7-11-9(5-1)13-10-6-2-4-8-12(10)14-11;1-9-7-4-2-6(8)3-5-7/h1-8,13H;2-5,8H,1H3. The minimum absolute atomic E-state index is 0.260. The highest BCUT2D eigenvalue weighted by atomic mass is 32.2. The molecule has 4 heteroatoms. The number of anilines is 2. The lowest BCUT2D eigenvalue weighted by atomic mass is 10.2. The van der Waals surface area contributed by atoms with E-state index in [-0.39, 0.29) is 5.75 Å². The van der Waals surface area contributed by atoms with Gasteiger partial charge in [-0.15, -0.1) is 0 Å². The predicted molar refractivity (Wildman–Crippen MR) is 94.9 cm³/mol. The number of fused-ring (bicyclic) bond motifs is 2. The van der Waals surface area contributed by atoms with Crippen molar-refractivity contribution < 1.29 is 9.84 Å². The SMILES string of the molecule is COc1ccc(O)cc1.c1ccc2c(c1)Nc1ccccc1S2. The number of hydrogen-bond donors (Lipinski definition) is 2. The third-order valence-corrected chi connectivity index (χ3v) is 4.49. The maximum atomic E-state index is 8.80. The Balaban J connectivity index is 0.000000151. The lowest BCUT2D eigenvalue weighted by Gasteiger charge is -2.19. The quantitative estimate of drug-likeness (QED) is 0.499. The van der Waals surface area contributed by atoms with E-state index in [0.29, 0.717) is 0 Å². The maximum absolute atomic E-state index is 8.80. The van der Waals surface area contributed by atoms with Crippen molar-refractivity contribution in [2.45, 2.75) is 9.79 Å². The number of phenols is 1. The van der Waals surface area contributed by atoms with Crippen LogP contribution < -0.4 is 10.1 Å². The topological polar surface area (TPSA) is 41.5 Å². The summed E-state index contributed by atoms with van der Waals surface area (Å²) >= 11 is 1.82. The highest BCUT2D eigenvalue weighted by Crippen LogP contribution is 2.43. The second kappa shape index (κ2) is 7.11. The monoisotopic (exact) mass is 323 g/mol. The summed E-state index contributed by atoms with van der Waals surface area (Å²) in [5.41, 5.74) is 2.41. The van der Waals surface area contributed by atoms with Gasteiger partial charge in [-0.2, -0.15) is 0 Å². The molecule has 0 saturated carbocycles. The van der Waals surface area contributed by atoms with Crippen molar-refractivity contribution >= 4 is 23.1 Å². The van der Waals surface area contributed by atoms with Crippen LogP contribution in [0.5, 0.6) is 11.5 Å². The minimum atomic E-state index is 0.260. The van der Waals surface area contributed by atoms with Gasteiger partial charge in [-0.1, -0.05) is 36.0 Å². The molecule has 0 radical (unpaired) electrons. The van der Waals surface area contributed by atoms with Crippen LogP contribution in [0.25, 0.3) is 0 Å². The molecule has 0 bridgehead atoms. The zero-order valence-electron chi connectivity index (χ0n) is 12.7. The Kier molecular flexibility index (Phi) is 4.74. The summed E-state index contributed by atoms with van der Waals surface area (Å²) in [6.07, 6.45) is 0. The van der Waals surface area contributed by atoms with Crippen molar-refractivity contribution in [2.75, 3.05) is 12.4 Å². The molecule has 1 aliphatic rings. The minimum Gasteiger partial charge on any atom is -0.508 e. The van der Waals surface area contributed by atoms with Gasteiger partial charge in [0.1, 0.15) is 11.5 Å². The summed E-state index contributed by atoms with van der Waals surface area (Å²) in [4.78, 5) is 2.59. The van der Waals surface area contributed by atoms with E-state index in [1.54, 1.807) is 31.4 Å². The van der Waals surface area contributed by atoms with Crippen LogP contribution in [-0.4, -0.2) is 12.2 Å². The molecule has 0 spiro atoms. The van der Waals surface area contributed by atoms with E-state index in [1.807, 2.05) is 11.8 Å². The Hall–Kier alpha value is -2.59. The van der Waals surface area contributed by atoms with Crippen LogP contribution >= 0.6 is 11.8 Å². The lowest BCUT2D eigenvalue weighted by Crippen LogP contribution is -1.98. The van der Waals surface area contributed by atoms with Gasteiger partial charge >= 0.3 is 0 Å². The molecule has 3 nitrogen and oxygen atoms in total. The van der Waals surface area contributed by atoms with Gasteiger partial charge in [0.2, 0.25) is 0 Å². The molecule has 0 unspecified atom stereocenters. The van der Waals surface area contributed by atoms with Crippen LogP contribution in [0, 0.1) is 0 Å². The number of benzene rings is 3. The molecule has 0 atom stereocenters. The predicted octanol–water partition coefficient (Wildman–Crippen LogP) is 5.30. The Bertz CT molecular complexity index is 700. The van der Waals surface area contributed by atoms with Gasteiger partial charge in [0.25, 0.3) is 0 Å². The van der Waals surface area contributed by atoms with Gasteiger partial charge in [-0.3, -0.25) is 0 Å². The van der Waals surface area contributed by atoms with Crippen LogP contribution in [0.4, 0.5) is 11.4 Å². The third-order valence-electron chi connectivity index (χ3n) is 3.34. The fourth-order valence-corrected chi connectivity index (χ4v) is 3.15. The van der Waals surface area contributed by atoms with Gasteiger partial charge in [-0.05, 0) is 48.5 Å². The van der Waals surface area contributed by atoms with Crippen molar-refractivity contribution in [3.63, 3.8) is 0 Å². The van der Waals surface area contributed by atoms with Crippen LogP contribution in [-0.2, 0) is 0 Å². The van der Waals surface area contributed by atoms with Gasteiger partial charge in [-0.25, -0.2) is 0 Å². The van der Waals surface area contributed by atoms with E-state index in [0.717, 1.165) is 5.75 Å². The zero-order valence-corrected chi connectivity index (χ0v) is 13.5. The number of nitrogens with one attached hydrogen (secondary N) is 1. The van der Waals surface area contributed by atoms with Gasteiger partial charge < -0.3 is 15.2 Å². The van der Waals surface area contributed by atoms with Crippen molar-refractivity contribution in [1.82, 2.24) is 0 Å². The summed E-state index contributed by atoms with van der Waals surface area (Å²) < 4.78 is 4.86. The van der Waals surface area contributed by atoms with E-state index in [1.165, 1.54) is 21.2 Å². The van der Waals surface area contributed by atoms with E-state index >= 15 is 0 Å². The van der Waals surface area contributed by atoms with Crippen LogP contribution in [0.15, 0.2) is 82.6 Å². The van der Waals surface area contributed by atoms with Crippen molar-refractivity contribution in [1.29, 1.82) is 0 Å². The smallest absolute Gasteiger partial charge is 0.119 e. The van der Waals surface area contributed by atoms with Crippen LogP contribution in [0.2, 0.25) is 0 Å². The molecular weight excluding hydrogens is 306 g/mol. The summed E-state index contributed by atoms with van der Waals surface area (Å²) in [7, 11) is 1.59. The molecule has 0 amide bonds. The molecule has 3 aromatic carbocycles. The second-order valence-electron chi connectivity index (χ2n) is 4.92. The number of ether oxygens (including phenoxy) is 1. The molecule has 0 aliphatic carbocycles. The number of rotatable bonds is 1. The van der Waals surface area contributed by atoms with Crippen LogP contribution in [0.1, 0.15) is 0 Å². The van der Waals surface area contributed by atoms with Gasteiger partial charge in [0, 0.05) is 9.79 Å². The number of aromatic hydroxyl groups is 1. The molecule has 1 aliphatic heterocycles. The van der Waals surface area contributed by atoms with Gasteiger partial charge in [0.15, 0.2) is 0 Å². The molecule has 0 fully saturated rings. The van der Waals surface area contributed by atoms with E-state index < -0.39 is 0 Å². The number of hydrogen-bond acceptors (Lipinski definition) is 4. The molecule has 23 heavy (non-hydrogen) atoms. The number of methoxy groups -OCH3 is 1. The van der Waals surface area contributed by atoms with Crippen LogP contribution in [0.3, 0.4) is 0 Å². The molecule has 2 N–H and O–H groups in total. The Morgan fingerprint density at radius 1 is 0.783 bits per heavy atom. The van der Waals surface area contributed by atoms with E-state index in [4.69, 9.17) is 9.84 Å². The van der Waals surface area contributed by atoms with E-state index in [2.05, 4.69) is 53.8 Å². The Morgan fingerprint density at radius 3 is 1.83 bits per heavy atom. The normalized spacial score (nSPS) is 11.2. The summed E-state index contributed by atoms with van der Waals surface area (Å²) in [6, 6.07) is 23.3. The highest BCUT2D eigenvalue weighted by Gasteiger charge is 2.13. The summed E-state index contributed by atoms with van der Waals surface area (Å²) in [5, 5.41) is 12.2. The average molecular weight is 323 g/mol. The average Bonchev–Trinajstić information content (AvgIpc) is 2.61. The van der Waals surface area contributed by atoms with Gasteiger partial charge in [0.05, 0.1) is 18.5 Å². The second-order valence-corrected chi connectivity index (χ2v) is 6.00. The van der Waals surface area contributed by atoms with Crippen molar-refractivity contribution in [3.8, 4) is 11.5 Å². The zero-order chi connectivity index (χ0) is 16.1. The first-order valence-corrected chi connectivity index (χ1v) is 8.04. The Labute approximate surface area is 139 Å². The Morgan fingerprint density at radius 2 is 1.30 bits per heavy atom. The molecule has 116 valence electrons. The molecule has 4 rings (SSSR count). The maximum Gasteiger partial charge on any atom is 0.119 e. The molecule has 0 saturated heterocycles. The molecule has 3 aromatic rings. The largest absolute Gasteiger partial charge is 0.508 e. The fraction of sp³-hybridized carbons (Fsp3) is 0.0526. The molecule has 1 heterocycles. The molecular formula is C19H17NO2S. The summed E-state index contributed by atoms with van der Waals surface area (Å²) in [5.74, 6) is 1.02. The van der Waals surface area contributed by atoms with Crippen molar-refractivity contribution in [3.05, 3.63) is 72.8 Å². The fourth-order valence-electron chi connectivity index (χ4n) is 2.16. The lowest BCUT2D eigenvalue weighted by molar-refractivity contribution is 0.412. The highest BCUT2D eigenvalue weighted by molar-refractivity contribution is 7.99. The first-order chi connectivity index (χ1) is 11.3. The molecule has 0 aromatic heterocycles.